The predicted octanol–water partition coefficient (Wildman–Crippen LogP) is 1.95. The summed E-state index contributed by atoms with van der Waals surface area (Å²) in [5, 5.41) is 0. The fourth-order valence-corrected chi connectivity index (χ4v) is 2.22. The van der Waals surface area contributed by atoms with E-state index in [0.29, 0.717) is 19.8 Å². The first-order chi connectivity index (χ1) is 9.96. The van der Waals surface area contributed by atoms with Crippen molar-refractivity contribution < 1.29 is 18.8 Å². The second kappa shape index (κ2) is 7.10. The molecule has 0 saturated carbocycles. The third kappa shape index (κ3) is 5.18. The molecule has 0 aromatic heterocycles. The predicted molar refractivity (Wildman–Crippen MR) is 82.5 cm³/mol. The van der Waals surface area contributed by atoms with E-state index in [9.17, 15) is 4.79 Å². The minimum atomic E-state index is -0.256. The lowest BCUT2D eigenvalue weighted by atomic mass is 9.75. The molecule has 2 rings (SSSR count). The van der Waals surface area contributed by atoms with Crippen molar-refractivity contribution in [3.05, 3.63) is 29.8 Å². The fraction of sp³-hybridized carbons (Fsp3) is 0.562. The van der Waals surface area contributed by atoms with Gasteiger partial charge in [0.05, 0.1) is 6.61 Å². The molecule has 0 unspecified atom stereocenters. The van der Waals surface area contributed by atoms with Gasteiger partial charge in [0, 0.05) is 25.6 Å². The van der Waals surface area contributed by atoms with Crippen LogP contribution in [0.15, 0.2) is 24.3 Å². The van der Waals surface area contributed by atoms with Gasteiger partial charge in [0.2, 0.25) is 0 Å². The van der Waals surface area contributed by atoms with E-state index in [2.05, 4.69) is 26.0 Å². The summed E-state index contributed by atoms with van der Waals surface area (Å²) in [6, 6.07) is 8.25. The van der Waals surface area contributed by atoms with Gasteiger partial charge in [-0.05, 0) is 23.9 Å². The molecule has 4 nitrogen and oxygen atoms in total. The molecule has 21 heavy (non-hydrogen) atoms. The van der Waals surface area contributed by atoms with Crippen LogP contribution in [0.4, 0.5) is 0 Å². The van der Waals surface area contributed by atoms with Gasteiger partial charge in [-0.1, -0.05) is 38.1 Å². The van der Waals surface area contributed by atoms with Gasteiger partial charge in [-0.3, -0.25) is 4.79 Å². The molecular weight excluding hydrogens is 267 g/mol. The number of hydrogen-bond donors (Lipinski definition) is 0. The fourth-order valence-electron chi connectivity index (χ4n) is 2.22. The molecule has 0 N–H and O–H groups in total. The van der Waals surface area contributed by atoms with E-state index < -0.39 is 0 Å². The van der Waals surface area contributed by atoms with Gasteiger partial charge in [-0.2, -0.15) is 0 Å². The SMILES string of the molecule is CC(=O)OCCCc1ccc(B2OCC(C)(C)CO2)cc1. The maximum atomic E-state index is 10.7. The zero-order chi connectivity index (χ0) is 15.3. The average Bonchev–Trinajstić information content (AvgIpc) is 2.44. The van der Waals surface area contributed by atoms with Gasteiger partial charge in [0.15, 0.2) is 0 Å². The van der Waals surface area contributed by atoms with Crippen molar-refractivity contribution in [1.29, 1.82) is 0 Å². The van der Waals surface area contributed by atoms with Crippen LogP contribution in [0.3, 0.4) is 0 Å². The van der Waals surface area contributed by atoms with Crippen LogP contribution >= 0.6 is 0 Å². The van der Waals surface area contributed by atoms with E-state index >= 15 is 0 Å². The van der Waals surface area contributed by atoms with Crippen molar-refractivity contribution in [2.24, 2.45) is 5.41 Å². The van der Waals surface area contributed by atoms with Crippen LogP contribution in [0, 0.1) is 5.41 Å². The van der Waals surface area contributed by atoms with Gasteiger partial charge in [0.1, 0.15) is 0 Å². The first-order valence-corrected chi connectivity index (χ1v) is 7.42. The summed E-state index contributed by atoms with van der Waals surface area (Å²) in [7, 11) is -0.256. The Hall–Kier alpha value is -1.33. The van der Waals surface area contributed by atoms with E-state index in [1.807, 2.05) is 12.1 Å². The topological polar surface area (TPSA) is 44.8 Å². The highest BCUT2D eigenvalue weighted by atomic mass is 16.6. The van der Waals surface area contributed by atoms with Crippen molar-refractivity contribution in [2.75, 3.05) is 19.8 Å². The van der Waals surface area contributed by atoms with E-state index in [1.165, 1.54) is 12.5 Å². The van der Waals surface area contributed by atoms with E-state index in [1.54, 1.807) is 0 Å². The average molecular weight is 290 g/mol. The zero-order valence-electron chi connectivity index (χ0n) is 13.1. The molecule has 5 heteroatoms. The molecule has 0 amide bonds. The first-order valence-electron chi connectivity index (χ1n) is 7.42. The highest BCUT2D eigenvalue weighted by Gasteiger charge is 2.33. The Morgan fingerprint density at radius 3 is 2.43 bits per heavy atom. The van der Waals surface area contributed by atoms with Gasteiger partial charge >= 0.3 is 13.1 Å². The standard InChI is InChI=1S/C16H23BO4/c1-13(18)19-10-4-5-14-6-8-15(9-7-14)17-20-11-16(2,3)12-21-17/h6-9H,4-5,10-12H2,1-3H3. The molecule has 1 aromatic rings. The van der Waals surface area contributed by atoms with Crippen LogP contribution in [0.5, 0.6) is 0 Å². The molecule has 0 aliphatic carbocycles. The molecule has 0 bridgehead atoms. The van der Waals surface area contributed by atoms with E-state index in [-0.39, 0.29) is 18.5 Å². The first kappa shape index (κ1) is 16.1. The lowest BCUT2D eigenvalue weighted by Gasteiger charge is -2.33. The Labute approximate surface area is 126 Å². The molecule has 1 fully saturated rings. The van der Waals surface area contributed by atoms with E-state index in [0.717, 1.165) is 18.3 Å². The highest BCUT2D eigenvalue weighted by Crippen LogP contribution is 2.21. The summed E-state index contributed by atoms with van der Waals surface area (Å²) < 4.78 is 16.5. The second-order valence-electron chi connectivity index (χ2n) is 6.30. The number of carbonyl (C=O) groups excluding carboxylic acids is 1. The third-order valence-electron chi connectivity index (χ3n) is 3.42. The lowest BCUT2D eigenvalue weighted by molar-refractivity contribution is -0.141. The summed E-state index contributed by atoms with van der Waals surface area (Å²) in [4.78, 5) is 10.7. The van der Waals surface area contributed by atoms with Crippen molar-refractivity contribution in [1.82, 2.24) is 0 Å². The van der Waals surface area contributed by atoms with Gasteiger partial charge in [0.25, 0.3) is 0 Å². The lowest BCUT2D eigenvalue weighted by Crippen LogP contribution is -2.47. The maximum absolute atomic E-state index is 10.7. The van der Waals surface area contributed by atoms with Crippen molar-refractivity contribution in [3.63, 3.8) is 0 Å². The molecule has 1 saturated heterocycles. The number of rotatable bonds is 5. The van der Waals surface area contributed by atoms with Crippen molar-refractivity contribution in [3.8, 4) is 0 Å². The molecule has 1 aromatic carbocycles. The Bertz CT molecular complexity index is 460. The number of benzene rings is 1. The monoisotopic (exact) mass is 290 g/mol. The smallest absolute Gasteiger partial charge is 0.466 e. The van der Waals surface area contributed by atoms with Crippen LogP contribution in [-0.4, -0.2) is 32.9 Å². The van der Waals surface area contributed by atoms with Gasteiger partial charge < -0.3 is 14.0 Å². The van der Waals surface area contributed by atoms with Crippen LogP contribution in [0.25, 0.3) is 0 Å². The van der Waals surface area contributed by atoms with Crippen LogP contribution in [-0.2, 0) is 25.3 Å². The molecule has 0 spiro atoms. The number of ether oxygens (including phenoxy) is 1. The third-order valence-corrected chi connectivity index (χ3v) is 3.42. The molecule has 0 atom stereocenters. The van der Waals surface area contributed by atoms with Crippen molar-refractivity contribution >= 4 is 18.6 Å². The minimum Gasteiger partial charge on any atom is -0.466 e. The molecular formula is C16H23BO4. The summed E-state index contributed by atoms with van der Waals surface area (Å²) in [6.07, 6.45) is 1.73. The van der Waals surface area contributed by atoms with Gasteiger partial charge in [-0.15, -0.1) is 0 Å². The number of hydrogen-bond acceptors (Lipinski definition) is 4. The Kier molecular flexibility index (Phi) is 5.42. The van der Waals surface area contributed by atoms with Crippen LogP contribution < -0.4 is 5.46 Å². The Morgan fingerprint density at radius 1 is 1.24 bits per heavy atom. The summed E-state index contributed by atoms with van der Waals surface area (Å²) >= 11 is 0. The second-order valence-corrected chi connectivity index (χ2v) is 6.30. The normalized spacial score (nSPS) is 17.6. The maximum Gasteiger partial charge on any atom is 0.493 e. The summed E-state index contributed by atoms with van der Waals surface area (Å²) in [5.41, 5.74) is 2.36. The molecule has 0 radical (unpaired) electrons. The minimum absolute atomic E-state index is 0.0904. The highest BCUT2D eigenvalue weighted by molar-refractivity contribution is 6.61. The number of aryl methyl sites for hydroxylation is 1. The van der Waals surface area contributed by atoms with Crippen LogP contribution in [0.1, 0.15) is 32.8 Å². The molecule has 1 heterocycles. The van der Waals surface area contributed by atoms with Gasteiger partial charge in [-0.25, -0.2) is 0 Å². The number of esters is 1. The largest absolute Gasteiger partial charge is 0.493 e. The Morgan fingerprint density at radius 2 is 1.86 bits per heavy atom. The Balaban J connectivity index is 1.80. The van der Waals surface area contributed by atoms with Crippen molar-refractivity contribution in [2.45, 2.75) is 33.6 Å². The summed E-state index contributed by atoms with van der Waals surface area (Å²) in [5.74, 6) is -0.222. The quantitative estimate of drug-likeness (QED) is 0.472. The molecule has 114 valence electrons. The summed E-state index contributed by atoms with van der Waals surface area (Å²) in [6.45, 7) is 7.59. The number of carbonyl (C=O) groups is 1. The van der Waals surface area contributed by atoms with E-state index in [4.69, 9.17) is 14.0 Å². The zero-order valence-corrected chi connectivity index (χ0v) is 13.1. The molecule has 1 aliphatic heterocycles. The molecule has 1 aliphatic rings. The van der Waals surface area contributed by atoms with Crippen LogP contribution in [0.2, 0.25) is 0 Å².